The van der Waals surface area contributed by atoms with Gasteiger partial charge in [-0.25, -0.2) is 17.1 Å². The normalized spacial score (nSPS) is 23.3. The minimum Gasteiger partial charge on any atom is -0.393 e. The summed E-state index contributed by atoms with van der Waals surface area (Å²) in [6.07, 6.45) is 5.71. The number of halogens is 1. The average Bonchev–Trinajstić information content (AvgIpc) is 2.84. The van der Waals surface area contributed by atoms with Crippen molar-refractivity contribution in [1.82, 2.24) is 9.21 Å². The van der Waals surface area contributed by atoms with E-state index < -0.39 is 10.0 Å². The summed E-state index contributed by atoms with van der Waals surface area (Å²) < 4.78 is 41.1. The van der Waals surface area contributed by atoms with Gasteiger partial charge in [-0.1, -0.05) is 23.4 Å². The number of fused-ring (bicyclic) bond motifs is 2. The number of rotatable bonds is 4. The second-order valence-corrected chi connectivity index (χ2v) is 13.4. The molecule has 1 saturated heterocycles. The Morgan fingerprint density at radius 1 is 1.00 bits per heavy atom. The van der Waals surface area contributed by atoms with Gasteiger partial charge in [-0.2, -0.15) is 0 Å². The summed E-state index contributed by atoms with van der Waals surface area (Å²) >= 11 is 1.50. The van der Waals surface area contributed by atoms with Crippen molar-refractivity contribution in [3.8, 4) is 0 Å². The van der Waals surface area contributed by atoms with Crippen LogP contribution in [0.4, 0.5) is 4.39 Å². The first kappa shape index (κ1) is 25.0. The van der Waals surface area contributed by atoms with E-state index in [-0.39, 0.29) is 16.8 Å². The predicted octanol–water partition coefficient (Wildman–Crippen LogP) is 4.99. The van der Waals surface area contributed by atoms with E-state index in [1.807, 2.05) is 12.1 Å². The molecule has 188 valence electrons. The minimum atomic E-state index is -3.56. The lowest BCUT2D eigenvalue weighted by molar-refractivity contribution is 0.0923. The SMILES string of the molecule is CN(C)S(=O)(=O)c1ccc2c(c1)C(=C1CCN(CC3CCC(O)CC3)CC1)c1ccc(F)cc1S2. The molecule has 1 N–H and O–H groups in total. The maximum Gasteiger partial charge on any atom is 0.242 e. The molecular weight excluding hydrogens is 483 g/mol. The summed E-state index contributed by atoms with van der Waals surface area (Å²) in [6, 6.07) is 10.2. The molecule has 5 rings (SSSR count). The molecule has 3 aliphatic rings. The van der Waals surface area contributed by atoms with Crippen molar-refractivity contribution in [2.45, 2.75) is 59.3 Å². The van der Waals surface area contributed by atoms with Gasteiger partial charge in [-0.05, 0) is 91.5 Å². The van der Waals surface area contributed by atoms with Crippen LogP contribution in [0.2, 0.25) is 0 Å². The first-order valence-corrected chi connectivity index (χ1v) is 14.6. The summed E-state index contributed by atoms with van der Waals surface area (Å²) in [5.74, 6) is 0.394. The number of aliphatic hydroxyl groups is 1. The van der Waals surface area contributed by atoms with Crippen molar-refractivity contribution in [3.05, 3.63) is 58.9 Å². The fourth-order valence-corrected chi connectivity index (χ4v) is 7.57. The number of benzene rings is 2. The monoisotopic (exact) mass is 516 g/mol. The molecule has 2 aliphatic heterocycles. The molecule has 0 spiro atoms. The second kappa shape index (κ2) is 9.98. The van der Waals surface area contributed by atoms with Crippen molar-refractivity contribution in [2.75, 3.05) is 33.7 Å². The molecule has 8 heteroatoms. The van der Waals surface area contributed by atoms with E-state index in [2.05, 4.69) is 4.90 Å². The highest BCUT2D eigenvalue weighted by atomic mass is 32.2. The smallest absolute Gasteiger partial charge is 0.242 e. The number of nitrogens with zero attached hydrogens (tertiary/aromatic N) is 2. The summed E-state index contributed by atoms with van der Waals surface area (Å²) in [6.45, 7) is 3.01. The van der Waals surface area contributed by atoms with Crippen LogP contribution >= 0.6 is 11.8 Å². The van der Waals surface area contributed by atoms with Crippen LogP contribution in [0.5, 0.6) is 0 Å². The molecule has 2 aromatic rings. The van der Waals surface area contributed by atoms with Crippen LogP contribution < -0.4 is 0 Å². The number of likely N-dealkylation sites (tertiary alicyclic amines) is 1. The first-order valence-electron chi connectivity index (χ1n) is 12.4. The molecule has 0 aromatic heterocycles. The lowest BCUT2D eigenvalue weighted by atomic mass is 9.85. The Kier molecular flexibility index (Phi) is 7.12. The Hall–Kier alpha value is -1.71. The van der Waals surface area contributed by atoms with Gasteiger partial charge in [0.05, 0.1) is 11.0 Å². The van der Waals surface area contributed by atoms with Crippen molar-refractivity contribution >= 4 is 27.4 Å². The molecule has 2 heterocycles. The highest BCUT2D eigenvalue weighted by Gasteiger charge is 2.29. The number of sulfonamides is 1. The Bertz CT molecular complexity index is 1240. The van der Waals surface area contributed by atoms with Gasteiger partial charge in [0.1, 0.15) is 5.82 Å². The molecule has 2 fully saturated rings. The molecule has 0 unspecified atom stereocenters. The van der Waals surface area contributed by atoms with Gasteiger partial charge < -0.3 is 10.0 Å². The largest absolute Gasteiger partial charge is 0.393 e. The molecule has 5 nitrogen and oxygen atoms in total. The molecule has 2 aromatic carbocycles. The summed E-state index contributed by atoms with van der Waals surface area (Å²) in [5.41, 5.74) is 4.31. The van der Waals surface area contributed by atoms with Crippen LogP contribution in [0, 0.1) is 11.7 Å². The summed E-state index contributed by atoms with van der Waals surface area (Å²) in [5, 5.41) is 9.80. The third-order valence-corrected chi connectivity index (χ3v) is 10.5. The quantitative estimate of drug-likeness (QED) is 0.530. The van der Waals surface area contributed by atoms with Crippen molar-refractivity contribution in [2.24, 2.45) is 5.92 Å². The minimum absolute atomic E-state index is 0.126. The Labute approximate surface area is 212 Å². The maximum atomic E-state index is 14.1. The Morgan fingerprint density at radius 3 is 2.40 bits per heavy atom. The first-order chi connectivity index (χ1) is 16.7. The highest BCUT2D eigenvalue weighted by Crippen LogP contribution is 2.48. The van der Waals surface area contributed by atoms with Gasteiger partial charge in [0, 0.05) is 43.5 Å². The molecule has 1 aliphatic carbocycles. The number of piperidine rings is 1. The molecule has 0 amide bonds. The Balaban J connectivity index is 1.47. The zero-order chi connectivity index (χ0) is 24.7. The van der Waals surface area contributed by atoms with Gasteiger partial charge in [0.2, 0.25) is 10.0 Å². The average molecular weight is 517 g/mol. The van der Waals surface area contributed by atoms with Gasteiger partial charge in [-0.3, -0.25) is 0 Å². The molecule has 1 saturated carbocycles. The fraction of sp³-hybridized carbons (Fsp3) is 0.481. The Morgan fingerprint density at radius 2 is 1.71 bits per heavy atom. The van der Waals surface area contributed by atoms with Gasteiger partial charge in [0.25, 0.3) is 0 Å². The predicted molar refractivity (Wildman–Crippen MR) is 137 cm³/mol. The van der Waals surface area contributed by atoms with Gasteiger partial charge in [-0.15, -0.1) is 0 Å². The second-order valence-electron chi connectivity index (χ2n) is 10.1. The van der Waals surface area contributed by atoms with Crippen LogP contribution in [0.3, 0.4) is 0 Å². The van der Waals surface area contributed by atoms with Crippen LogP contribution in [0.25, 0.3) is 5.57 Å². The number of hydrogen-bond donors (Lipinski definition) is 1. The summed E-state index contributed by atoms with van der Waals surface area (Å²) in [7, 11) is -0.472. The molecular formula is C27H33FN2O3S2. The van der Waals surface area contributed by atoms with Crippen molar-refractivity contribution in [3.63, 3.8) is 0 Å². The van der Waals surface area contributed by atoms with Gasteiger partial charge >= 0.3 is 0 Å². The van der Waals surface area contributed by atoms with Crippen LogP contribution in [-0.4, -0.2) is 62.6 Å². The summed E-state index contributed by atoms with van der Waals surface area (Å²) in [4.78, 5) is 4.66. The van der Waals surface area contributed by atoms with E-state index in [4.69, 9.17) is 0 Å². The lowest BCUT2D eigenvalue weighted by Gasteiger charge is -2.35. The zero-order valence-electron chi connectivity index (χ0n) is 20.3. The van der Waals surface area contributed by atoms with E-state index in [1.54, 1.807) is 32.3 Å². The van der Waals surface area contributed by atoms with Crippen molar-refractivity contribution in [1.29, 1.82) is 0 Å². The topological polar surface area (TPSA) is 60.9 Å². The zero-order valence-corrected chi connectivity index (χ0v) is 22.0. The maximum absolute atomic E-state index is 14.1. The molecule has 0 bridgehead atoms. The lowest BCUT2D eigenvalue weighted by Crippen LogP contribution is -2.36. The van der Waals surface area contributed by atoms with E-state index in [1.165, 1.54) is 27.7 Å². The van der Waals surface area contributed by atoms with E-state index >= 15 is 0 Å². The van der Waals surface area contributed by atoms with Crippen molar-refractivity contribution < 1.29 is 17.9 Å². The number of hydrogen-bond acceptors (Lipinski definition) is 5. The van der Waals surface area contributed by atoms with E-state index in [9.17, 15) is 17.9 Å². The van der Waals surface area contributed by atoms with E-state index in [0.717, 1.165) is 84.7 Å². The molecule has 35 heavy (non-hydrogen) atoms. The molecule has 0 radical (unpaired) electrons. The van der Waals surface area contributed by atoms with Crippen LogP contribution in [0.15, 0.2) is 56.7 Å². The number of aliphatic hydroxyl groups excluding tert-OH is 1. The highest BCUT2D eigenvalue weighted by molar-refractivity contribution is 7.99. The molecule has 0 atom stereocenters. The van der Waals surface area contributed by atoms with Crippen LogP contribution in [0.1, 0.15) is 49.7 Å². The third-order valence-electron chi connectivity index (χ3n) is 7.58. The standard InChI is InChI=1S/C27H33FN2O3S2/c1-29(2)35(32,33)22-8-10-25-24(16-22)27(23-9-5-20(28)15-26(23)34-25)19-11-13-30(14-12-19)17-18-3-6-21(31)7-4-18/h5,8-10,15-16,18,21,31H,3-4,6-7,11-14,17H2,1-2H3. The fourth-order valence-electron chi connectivity index (χ4n) is 5.54. The van der Waals surface area contributed by atoms with Gasteiger partial charge in [0.15, 0.2) is 0 Å². The van der Waals surface area contributed by atoms with E-state index in [0.29, 0.717) is 5.92 Å². The van der Waals surface area contributed by atoms with Crippen LogP contribution in [-0.2, 0) is 10.0 Å². The third kappa shape index (κ3) is 5.09.